The second kappa shape index (κ2) is 4.80. The van der Waals surface area contributed by atoms with Crippen LogP contribution in [-0.4, -0.2) is 23.0 Å². The average Bonchev–Trinajstić information content (AvgIpc) is 2.36. The molecule has 20 heavy (non-hydrogen) atoms. The molecular weight excluding hydrogens is 254 g/mol. The summed E-state index contributed by atoms with van der Waals surface area (Å²) in [6.07, 6.45) is 11.8. The Labute approximate surface area is 119 Å². The van der Waals surface area contributed by atoms with Crippen molar-refractivity contribution in [3.8, 4) is 12.3 Å². The van der Waals surface area contributed by atoms with Crippen LogP contribution in [0.2, 0.25) is 0 Å². The van der Waals surface area contributed by atoms with Gasteiger partial charge in [0, 0.05) is 11.8 Å². The Morgan fingerprint density at radius 3 is 2.10 bits per heavy atom. The minimum absolute atomic E-state index is 0.0490. The number of carbonyl (C=O) groups excluding carboxylic acids is 1. The van der Waals surface area contributed by atoms with Gasteiger partial charge in [0.05, 0.1) is 0 Å². The van der Waals surface area contributed by atoms with E-state index in [0.29, 0.717) is 17.8 Å². The van der Waals surface area contributed by atoms with Crippen LogP contribution >= 0.6 is 0 Å². The molecule has 0 saturated heterocycles. The number of nitrogens with one attached hydrogen (secondary N) is 1. The van der Waals surface area contributed by atoms with Gasteiger partial charge in [0.2, 0.25) is 5.91 Å². The van der Waals surface area contributed by atoms with Crippen LogP contribution in [-0.2, 0) is 9.59 Å². The maximum atomic E-state index is 12.6. The molecule has 0 spiro atoms. The van der Waals surface area contributed by atoms with Gasteiger partial charge in [-0.05, 0) is 56.3 Å². The largest absolute Gasteiger partial charge is 0.480 e. The molecular formula is C16H21NO3. The van der Waals surface area contributed by atoms with Crippen LogP contribution in [0.1, 0.15) is 44.9 Å². The quantitative estimate of drug-likeness (QED) is 0.769. The van der Waals surface area contributed by atoms with E-state index in [1.165, 1.54) is 19.3 Å². The zero-order valence-electron chi connectivity index (χ0n) is 11.6. The smallest absolute Gasteiger partial charge is 0.327 e. The van der Waals surface area contributed by atoms with Crippen LogP contribution in [0.15, 0.2) is 0 Å². The van der Waals surface area contributed by atoms with Crippen molar-refractivity contribution in [1.29, 1.82) is 0 Å². The van der Waals surface area contributed by atoms with Gasteiger partial charge in [0.15, 0.2) is 0 Å². The number of terminal acetylenes is 1. The average molecular weight is 275 g/mol. The number of carboxylic acid groups (broad SMARTS) is 1. The van der Waals surface area contributed by atoms with Crippen LogP contribution in [0.3, 0.4) is 0 Å². The molecule has 1 amide bonds. The molecule has 1 atom stereocenters. The zero-order valence-corrected chi connectivity index (χ0v) is 11.6. The summed E-state index contributed by atoms with van der Waals surface area (Å²) in [5.41, 5.74) is -0.308. The van der Waals surface area contributed by atoms with Gasteiger partial charge < -0.3 is 10.4 Å². The molecule has 4 nitrogen and oxygen atoms in total. The number of rotatable bonds is 4. The van der Waals surface area contributed by atoms with E-state index in [0.717, 1.165) is 19.3 Å². The molecule has 0 aromatic heterocycles. The summed E-state index contributed by atoms with van der Waals surface area (Å²) >= 11 is 0. The highest BCUT2D eigenvalue weighted by Crippen LogP contribution is 2.60. The summed E-state index contributed by atoms with van der Waals surface area (Å²) in [6.45, 7) is 0. The highest BCUT2D eigenvalue weighted by atomic mass is 16.4. The number of carboxylic acids is 1. The van der Waals surface area contributed by atoms with Gasteiger partial charge in [0.25, 0.3) is 0 Å². The van der Waals surface area contributed by atoms with Crippen LogP contribution < -0.4 is 5.32 Å². The molecule has 0 heterocycles. The van der Waals surface area contributed by atoms with Crippen molar-refractivity contribution in [3.63, 3.8) is 0 Å². The lowest BCUT2D eigenvalue weighted by Gasteiger charge is -2.55. The molecule has 4 aliphatic rings. The van der Waals surface area contributed by atoms with Gasteiger partial charge in [0.1, 0.15) is 6.04 Å². The van der Waals surface area contributed by atoms with E-state index in [1.807, 2.05) is 0 Å². The van der Waals surface area contributed by atoms with Crippen LogP contribution in [0.5, 0.6) is 0 Å². The van der Waals surface area contributed by atoms with Crippen molar-refractivity contribution in [2.24, 2.45) is 23.2 Å². The minimum atomic E-state index is -1.04. The predicted molar refractivity (Wildman–Crippen MR) is 73.6 cm³/mol. The monoisotopic (exact) mass is 275 g/mol. The number of carbonyl (C=O) groups is 2. The van der Waals surface area contributed by atoms with E-state index in [-0.39, 0.29) is 17.7 Å². The van der Waals surface area contributed by atoms with E-state index in [4.69, 9.17) is 11.5 Å². The first-order valence-electron chi connectivity index (χ1n) is 7.49. The van der Waals surface area contributed by atoms with Gasteiger partial charge >= 0.3 is 5.97 Å². The molecule has 4 saturated carbocycles. The summed E-state index contributed by atoms with van der Waals surface area (Å²) in [6, 6.07) is -0.944. The van der Waals surface area contributed by atoms with E-state index < -0.39 is 12.0 Å². The van der Waals surface area contributed by atoms with E-state index >= 15 is 0 Å². The molecule has 0 aliphatic heterocycles. The Morgan fingerprint density at radius 2 is 1.70 bits per heavy atom. The van der Waals surface area contributed by atoms with E-state index in [9.17, 15) is 9.59 Å². The number of aliphatic carboxylic acids is 1. The van der Waals surface area contributed by atoms with Crippen molar-refractivity contribution in [2.45, 2.75) is 51.0 Å². The van der Waals surface area contributed by atoms with Crippen LogP contribution in [0.4, 0.5) is 0 Å². The SMILES string of the molecule is C#CC[C@@H](NC(=O)C12CC3CC(CC(C3)C1)C2)C(=O)O. The molecule has 2 N–H and O–H groups in total. The fourth-order valence-corrected chi connectivity index (χ4v) is 5.02. The molecule has 0 aromatic rings. The Morgan fingerprint density at radius 1 is 1.20 bits per heavy atom. The lowest BCUT2D eigenvalue weighted by Crippen LogP contribution is -2.56. The number of hydrogen-bond donors (Lipinski definition) is 2. The maximum Gasteiger partial charge on any atom is 0.327 e. The fourth-order valence-electron chi connectivity index (χ4n) is 5.02. The van der Waals surface area contributed by atoms with Gasteiger partial charge in [-0.3, -0.25) is 4.79 Å². The highest BCUT2D eigenvalue weighted by molar-refractivity contribution is 5.88. The van der Waals surface area contributed by atoms with Gasteiger partial charge in [-0.2, -0.15) is 0 Å². The summed E-state index contributed by atoms with van der Waals surface area (Å²) in [4.78, 5) is 23.8. The summed E-state index contributed by atoms with van der Waals surface area (Å²) in [5, 5.41) is 11.8. The third kappa shape index (κ3) is 2.19. The second-order valence-corrected chi connectivity index (χ2v) is 6.97. The second-order valence-electron chi connectivity index (χ2n) is 6.97. The summed E-state index contributed by atoms with van der Waals surface area (Å²) in [5.74, 6) is 3.23. The molecule has 0 aromatic carbocycles. The number of amides is 1. The normalized spacial score (nSPS) is 39.0. The van der Waals surface area contributed by atoms with Crippen molar-refractivity contribution in [3.05, 3.63) is 0 Å². The van der Waals surface area contributed by atoms with Gasteiger partial charge in [-0.25, -0.2) is 4.79 Å². The van der Waals surface area contributed by atoms with Crippen LogP contribution in [0.25, 0.3) is 0 Å². The first-order chi connectivity index (χ1) is 9.52. The van der Waals surface area contributed by atoms with E-state index in [2.05, 4.69) is 11.2 Å². The third-order valence-corrected chi connectivity index (χ3v) is 5.45. The Kier molecular flexibility index (Phi) is 3.24. The first-order valence-corrected chi connectivity index (χ1v) is 7.49. The highest BCUT2D eigenvalue weighted by Gasteiger charge is 2.54. The maximum absolute atomic E-state index is 12.6. The fraction of sp³-hybridized carbons (Fsp3) is 0.750. The Hall–Kier alpha value is -1.50. The lowest BCUT2D eigenvalue weighted by atomic mass is 9.49. The standard InChI is InChI=1S/C16H21NO3/c1-2-3-13(14(18)19)17-15(20)16-7-10-4-11(8-16)6-12(5-10)9-16/h1,10-13H,3-9H2,(H,17,20)(H,18,19)/t10?,11?,12?,13-,16?/m1/s1. The lowest BCUT2D eigenvalue weighted by molar-refractivity contribution is -0.151. The number of hydrogen-bond acceptors (Lipinski definition) is 2. The molecule has 108 valence electrons. The molecule has 4 fully saturated rings. The molecule has 0 unspecified atom stereocenters. The van der Waals surface area contributed by atoms with Crippen LogP contribution in [0, 0.1) is 35.5 Å². The third-order valence-electron chi connectivity index (χ3n) is 5.45. The molecule has 4 bridgehead atoms. The first kappa shape index (κ1) is 13.5. The molecule has 0 radical (unpaired) electrons. The Bertz CT molecular complexity index is 441. The zero-order chi connectivity index (χ0) is 14.3. The molecule has 4 aliphatic carbocycles. The van der Waals surface area contributed by atoms with E-state index in [1.54, 1.807) is 0 Å². The summed E-state index contributed by atoms with van der Waals surface area (Å²) < 4.78 is 0. The molecule has 4 heteroatoms. The summed E-state index contributed by atoms with van der Waals surface area (Å²) in [7, 11) is 0. The van der Waals surface area contributed by atoms with Crippen molar-refractivity contribution >= 4 is 11.9 Å². The van der Waals surface area contributed by atoms with Crippen molar-refractivity contribution in [1.82, 2.24) is 5.32 Å². The van der Waals surface area contributed by atoms with Gasteiger partial charge in [-0.1, -0.05) is 0 Å². The predicted octanol–water partition coefficient (Wildman–Crippen LogP) is 1.80. The van der Waals surface area contributed by atoms with Crippen molar-refractivity contribution < 1.29 is 14.7 Å². The topological polar surface area (TPSA) is 66.4 Å². The minimum Gasteiger partial charge on any atom is -0.480 e. The van der Waals surface area contributed by atoms with Gasteiger partial charge in [-0.15, -0.1) is 12.3 Å². The van der Waals surface area contributed by atoms with Crippen molar-refractivity contribution in [2.75, 3.05) is 0 Å². The molecule has 4 rings (SSSR count). The Balaban J connectivity index is 1.73.